The number of halogens is 4. The highest BCUT2D eigenvalue weighted by molar-refractivity contribution is 6.31. The molecule has 3 nitrogen and oxygen atoms in total. The SMILES string of the molecule is CCn1c(CC(O)C(F)(F)F)nc2ccc(Cl)cc21. The molecule has 1 atom stereocenters. The second-order valence-corrected chi connectivity index (χ2v) is 4.60. The predicted octanol–water partition coefficient (Wildman–Crippen LogP) is 3.18. The molecule has 19 heavy (non-hydrogen) atoms. The van der Waals surface area contributed by atoms with Crippen molar-refractivity contribution in [3.8, 4) is 0 Å². The van der Waals surface area contributed by atoms with Crippen LogP contribution in [0.25, 0.3) is 11.0 Å². The summed E-state index contributed by atoms with van der Waals surface area (Å²) in [6.45, 7) is 2.25. The van der Waals surface area contributed by atoms with Crippen molar-refractivity contribution < 1.29 is 18.3 Å². The van der Waals surface area contributed by atoms with Crippen LogP contribution in [0.3, 0.4) is 0 Å². The number of aliphatic hydroxyl groups is 1. The van der Waals surface area contributed by atoms with E-state index in [9.17, 15) is 13.2 Å². The molecule has 0 aliphatic carbocycles. The van der Waals surface area contributed by atoms with Gasteiger partial charge in [-0.05, 0) is 25.1 Å². The zero-order valence-electron chi connectivity index (χ0n) is 10.1. The Morgan fingerprint density at radius 2 is 2.11 bits per heavy atom. The Balaban J connectivity index is 2.43. The van der Waals surface area contributed by atoms with E-state index in [1.165, 1.54) is 0 Å². The van der Waals surface area contributed by atoms with E-state index < -0.39 is 18.7 Å². The minimum absolute atomic E-state index is 0.199. The lowest BCUT2D eigenvalue weighted by Gasteiger charge is -2.14. The predicted molar refractivity (Wildman–Crippen MR) is 66.2 cm³/mol. The van der Waals surface area contributed by atoms with Crippen molar-refractivity contribution in [2.45, 2.75) is 32.2 Å². The molecule has 2 rings (SSSR count). The number of nitrogens with zero attached hydrogens (tertiary/aromatic N) is 2. The standard InChI is InChI=1S/C12H12ClF3N2O/c1-2-18-9-5-7(13)3-4-8(9)17-11(18)6-10(19)12(14,15)16/h3-5,10,19H,2,6H2,1H3. The molecule has 0 spiro atoms. The molecule has 104 valence electrons. The van der Waals surface area contributed by atoms with E-state index in [-0.39, 0.29) is 5.82 Å². The molecule has 0 saturated carbocycles. The fourth-order valence-corrected chi connectivity index (χ4v) is 2.11. The summed E-state index contributed by atoms with van der Waals surface area (Å²) in [7, 11) is 0. The molecule has 1 heterocycles. The summed E-state index contributed by atoms with van der Waals surface area (Å²) in [5.74, 6) is 0.199. The van der Waals surface area contributed by atoms with Crippen LogP contribution in [-0.2, 0) is 13.0 Å². The maximum Gasteiger partial charge on any atom is 0.414 e. The van der Waals surface area contributed by atoms with Gasteiger partial charge in [-0.15, -0.1) is 0 Å². The molecule has 0 bridgehead atoms. The fourth-order valence-electron chi connectivity index (χ4n) is 1.94. The van der Waals surface area contributed by atoms with Crippen molar-refractivity contribution in [2.75, 3.05) is 0 Å². The van der Waals surface area contributed by atoms with Gasteiger partial charge in [-0.2, -0.15) is 13.2 Å². The van der Waals surface area contributed by atoms with Gasteiger partial charge in [-0.1, -0.05) is 11.6 Å². The number of alkyl halides is 3. The largest absolute Gasteiger partial charge is 0.414 e. The van der Waals surface area contributed by atoms with Crippen molar-refractivity contribution >= 4 is 22.6 Å². The molecule has 2 aromatic rings. The van der Waals surface area contributed by atoms with Gasteiger partial charge in [0.25, 0.3) is 0 Å². The Morgan fingerprint density at radius 1 is 1.42 bits per heavy atom. The van der Waals surface area contributed by atoms with Crippen LogP contribution in [0.1, 0.15) is 12.7 Å². The summed E-state index contributed by atoms with van der Waals surface area (Å²) in [5.41, 5.74) is 1.23. The molecule has 1 aromatic heterocycles. The maximum atomic E-state index is 12.4. The first-order valence-electron chi connectivity index (χ1n) is 5.72. The second kappa shape index (κ2) is 5.02. The number of rotatable bonds is 3. The number of aromatic nitrogens is 2. The van der Waals surface area contributed by atoms with E-state index in [0.717, 1.165) is 0 Å². The summed E-state index contributed by atoms with van der Waals surface area (Å²) >= 11 is 5.86. The smallest absolute Gasteiger partial charge is 0.383 e. The highest BCUT2D eigenvalue weighted by Gasteiger charge is 2.39. The summed E-state index contributed by atoms with van der Waals surface area (Å²) in [4.78, 5) is 4.12. The molecule has 0 amide bonds. The Morgan fingerprint density at radius 3 is 2.68 bits per heavy atom. The van der Waals surface area contributed by atoms with E-state index in [4.69, 9.17) is 16.7 Å². The minimum atomic E-state index is -4.64. The molecular formula is C12H12ClF3N2O. The van der Waals surface area contributed by atoms with Gasteiger partial charge in [0.1, 0.15) is 5.82 Å². The average molecular weight is 293 g/mol. The summed E-state index contributed by atoms with van der Waals surface area (Å²) in [6.07, 6.45) is -7.62. The number of hydrogen-bond donors (Lipinski definition) is 1. The molecule has 7 heteroatoms. The molecule has 0 saturated heterocycles. The maximum absolute atomic E-state index is 12.4. The van der Waals surface area contributed by atoms with Crippen LogP contribution in [-0.4, -0.2) is 26.9 Å². The van der Waals surface area contributed by atoms with Gasteiger partial charge >= 0.3 is 6.18 Å². The van der Waals surface area contributed by atoms with Crippen LogP contribution in [0.15, 0.2) is 18.2 Å². The van der Waals surface area contributed by atoms with Crippen molar-refractivity contribution in [3.05, 3.63) is 29.0 Å². The molecular weight excluding hydrogens is 281 g/mol. The third kappa shape index (κ3) is 2.84. The van der Waals surface area contributed by atoms with Crippen LogP contribution >= 0.6 is 11.6 Å². The fraction of sp³-hybridized carbons (Fsp3) is 0.417. The topological polar surface area (TPSA) is 38.0 Å². The summed E-state index contributed by atoms with van der Waals surface area (Å²) < 4.78 is 38.8. The Bertz CT molecular complexity index is 594. The lowest BCUT2D eigenvalue weighted by Crippen LogP contribution is -2.31. The lowest BCUT2D eigenvalue weighted by molar-refractivity contribution is -0.203. The van der Waals surface area contributed by atoms with E-state index in [1.54, 1.807) is 29.7 Å². The first kappa shape index (κ1) is 14.1. The van der Waals surface area contributed by atoms with Gasteiger partial charge in [0.2, 0.25) is 0 Å². The quantitative estimate of drug-likeness (QED) is 0.943. The Labute approximate surface area is 112 Å². The van der Waals surface area contributed by atoms with Gasteiger partial charge in [0.05, 0.1) is 11.0 Å². The minimum Gasteiger partial charge on any atom is -0.383 e. The third-order valence-corrected chi connectivity index (χ3v) is 3.09. The molecule has 0 fully saturated rings. The number of imidazole rings is 1. The lowest BCUT2D eigenvalue weighted by atomic mass is 10.2. The molecule has 1 aromatic carbocycles. The van der Waals surface area contributed by atoms with Gasteiger partial charge in [-0.3, -0.25) is 0 Å². The van der Waals surface area contributed by atoms with Crippen molar-refractivity contribution in [2.24, 2.45) is 0 Å². The molecule has 1 unspecified atom stereocenters. The van der Waals surface area contributed by atoms with Crippen LogP contribution in [0, 0.1) is 0 Å². The number of aliphatic hydroxyl groups excluding tert-OH is 1. The van der Waals surface area contributed by atoms with E-state index >= 15 is 0 Å². The Kier molecular flexibility index (Phi) is 3.73. The van der Waals surface area contributed by atoms with E-state index in [1.807, 2.05) is 0 Å². The van der Waals surface area contributed by atoms with Gasteiger partial charge < -0.3 is 9.67 Å². The zero-order valence-corrected chi connectivity index (χ0v) is 10.8. The highest BCUT2D eigenvalue weighted by atomic mass is 35.5. The molecule has 1 N–H and O–H groups in total. The van der Waals surface area contributed by atoms with E-state index in [0.29, 0.717) is 22.6 Å². The number of fused-ring (bicyclic) bond motifs is 1. The van der Waals surface area contributed by atoms with Crippen LogP contribution in [0.5, 0.6) is 0 Å². The Hall–Kier alpha value is -1.27. The summed E-state index contributed by atoms with van der Waals surface area (Å²) in [6, 6.07) is 4.92. The summed E-state index contributed by atoms with van der Waals surface area (Å²) in [5, 5.41) is 9.63. The number of hydrogen-bond acceptors (Lipinski definition) is 2. The average Bonchev–Trinajstić information content (AvgIpc) is 2.64. The first-order chi connectivity index (χ1) is 8.82. The molecule has 0 aliphatic heterocycles. The number of benzene rings is 1. The van der Waals surface area contributed by atoms with Crippen molar-refractivity contribution in [1.29, 1.82) is 0 Å². The zero-order chi connectivity index (χ0) is 14.2. The first-order valence-corrected chi connectivity index (χ1v) is 6.10. The molecule has 0 aliphatic rings. The van der Waals surface area contributed by atoms with Crippen molar-refractivity contribution in [1.82, 2.24) is 9.55 Å². The monoisotopic (exact) mass is 292 g/mol. The third-order valence-electron chi connectivity index (χ3n) is 2.86. The van der Waals surface area contributed by atoms with Crippen LogP contribution in [0.2, 0.25) is 5.02 Å². The van der Waals surface area contributed by atoms with Gasteiger partial charge in [0, 0.05) is 18.0 Å². The second-order valence-electron chi connectivity index (χ2n) is 4.17. The van der Waals surface area contributed by atoms with Gasteiger partial charge in [0.15, 0.2) is 6.10 Å². The van der Waals surface area contributed by atoms with Crippen LogP contribution < -0.4 is 0 Å². The van der Waals surface area contributed by atoms with Gasteiger partial charge in [-0.25, -0.2) is 4.98 Å². The van der Waals surface area contributed by atoms with Crippen molar-refractivity contribution in [3.63, 3.8) is 0 Å². The normalized spacial score (nSPS) is 14.0. The van der Waals surface area contributed by atoms with Crippen LogP contribution in [0.4, 0.5) is 13.2 Å². The number of aryl methyl sites for hydroxylation is 1. The molecule has 0 radical (unpaired) electrons. The van der Waals surface area contributed by atoms with E-state index in [2.05, 4.69) is 4.98 Å². The highest BCUT2D eigenvalue weighted by Crippen LogP contribution is 2.25.